The minimum atomic E-state index is -0.222. The van der Waals surface area contributed by atoms with E-state index in [1.807, 2.05) is 32.3 Å². The summed E-state index contributed by atoms with van der Waals surface area (Å²) in [6.07, 6.45) is 7.32. The van der Waals surface area contributed by atoms with E-state index in [2.05, 4.69) is 26.7 Å². The van der Waals surface area contributed by atoms with Crippen LogP contribution in [0.25, 0.3) is 33.6 Å². The van der Waals surface area contributed by atoms with Gasteiger partial charge in [-0.2, -0.15) is 0 Å². The molecule has 0 radical (unpaired) electrons. The maximum atomic E-state index is 12.6. The van der Waals surface area contributed by atoms with Crippen molar-refractivity contribution in [3.8, 4) is 22.8 Å². The van der Waals surface area contributed by atoms with E-state index in [0.717, 1.165) is 46.4 Å². The Balaban J connectivity index is 1.55. The van der Waals surface area contributed by atoms with Gasteiger partial charge >= 0.3 is 0 Å². The number of pyridine rings is 1. The first kappa shape index (κ1) is 17.4. The number of oxazole rings is 1. The van der Waals surface area contributed by atoms with Crippen molar-refractivity contribution in [1.29, 1.82) is 0 Å². The molecule has 1 fully saturated rings. The molecule has 1 saturated carbocycles. The van der Waals surface area contributed by atoms with Gasteiger partial charge in [-0.3, -0.25) is 9.78 Å². The Kier molecular flexibility index (Phi) is 3.63. The van der Waals surface area contributed by atoms with Crippen LogP contribution in [0.1, 0.15) is 43.2 Å². The maximum Gasteiger partial charge on any atom is 0.245 e. The van der Waals surface area contributed by atoms with Gasteiger partial charge in [-0.15, -0.1) is 0 Å². The number of fused-ring (bicyclic) bond motifs is 2. The number of benzene rings is 1. The van der Waals surface area contributed by atoms with E-state index < -0.39 is 0 Å². The minimum Gasteiger partial charge on any atom is -0.443 e. The predicted molar refractivity (Wildman–Crippen MR) is 112 cm³/mol. The summed E-state index contributed by atoms with van der Waals surface area (Å²) in [5, 5.41) is 2.09. The molecule has 1 aromatic carbocycles. The van der Waals surface area contributed by atoms with Crippen LogP contribution in [-0.4, -0.2) is 37.4 Å². The fraction of sp³-hybridized carbons (Fsp3) is 0.304. The van der Waals surface area contributed by atoms with Crippen molar-refractivity contribution in [3.63, 3.8) is 0 Å². The molecule has 0 saturated heterocycles. The zero-order chi connectivity index (χ0) is 20.4. The summed E-state index contributed by atoms with van der Waals surface area (Å²) < 4.78 is 7.58. The van der Waals surface area contributed by atoms with Crippen molar-refractivity contribution >= 4 is 16.7 Å². The van der Waals surface area contributed by atoms with Crippen LogP contribution in [0, 0.1) is 0 Å². The highest BCUT2D eigenvalue weighted by atomic mass is 16.3. The second-order valence-electron chi connectivity index (χ2n) is 8.21. The van der Waals surface area contributed by atoms with E-state index in [1.165, 1.54) is 0 Å². The van der Waals surface area contributed by atoms with Gasteiger partial charge in [-0.1, -0.05) is 18.2 Å². The van der Waals surface area contributed by atoms with Gasteiger partial charge in [0.2, 0.25) is 11.8 Å². The lowest BCUT2D eigenvalue weighted by atomic mass is 10.0. The lowest BCUT2D eigenvalue weighted by molar-refractivity contribution is -0.135. The average Bonchev–Trinajstić information content (AvgIpc) is 3.31. The molecule has 7 heteroatoms. The van der Waals surface area contributed by atoms with Gasteiger partial charge in [-0.05, 0) is 31.2 Å². The highest BCUT2D eigenvalue weighted by Crippen LogP contribution is 2.45. The molecule has 0 spiro atoms. The second kappa shape index (κ2) is 6.26. The molecule has 30 heavy (non-hydrogen) atoms. The number of nitrogens with zero attached hydrogens (tertiary/aromatic N) is 5. The van der Waals surface area contributed by atoms with E-state index in [1.54, 1.807) is 17.4 Å². The lowest BCUT2D eigenvalue weighted by Crippen LogP contribution is -2.39. The van der Waals surface area contributed by atoms with Crippen molar-refractivity contribution in [2.75, 3.05) is 7.05 Å². The molecule has 150 valence electrons. The van der Waals surface area contributed by atoms with Gasteiger partial charge in [0.1, 0.15) is 23.8 Å². The Hall–Kier alpha value is -3.48. The van der Waals surface area contributed by atoms with E-state index in [4.69, 9.17) is 9.40 Å². The number of amides is 1. The summed E-state index contributed by atoms with van der Waals surface area (Å²) in [6, 6.07) is 7.97. The monoisotopic (exact) mass is 399 g/mol. The Labute approximate surface area is 173 Å². The van der Waals surface area contributed by atoms with Gasteiger partial charge < -0.3 is 13.9 Å². The number of carbonyl (C=O) groups excluding carboxylic acids is 1. The van der Waals surface area contributed by atoms with Gasteiger partial charge in [0, 0.05) is 30.1 Å². The van der Waals surface area contributed by atoms with Crippen LogP contribution in [0.5, 0.6) is 0 Å². The van der Waals surface area contributed by atoms with Crippen LogP contribution in [0.15, 0.2) is 47.3 Å². The highest BCUT2D eigenvalue weighted by Gasteiger charge is 2.38. The molecule has 6 rings (SSSR count). The maximum absolute atomic E-state index is 12.6. The van der Waals surface area contributed by atoms with Crippen LogP contribution < -0.4 is 0 Å². The number of aromatic nitrogens is 4. The Morgan fingerprint density at radius 3 is 2.83 bits per heavy atom. The second-order valence-corrected chi connectivity index (χ2v) is 8.21. The molecule has 1 atom stereocenters. The van der Waals surface area contributed by atoms with Crippen molar-refractivity contribution in [2.24, 2.45) is 0 Å². The predicted octanol–water partition coefficient (Wildman–Crippen LogP) is 4.16. The molecule has 4 aromatic rings. The fourth-order valence-corrected chi connectivity index (χ4v) is 4.49. The zero-order valence-electron chi connectivity index (χ0n) is 16.9. The van der Waals surface area contributed by atoms with Gasteiger partial charge in [-0.25, -0.2) is 9.97 Å². The Morgan fingerprint density at radius 1 is 1.20 bits per heavy atom. The quantitative estimate of drug-likeness (QED) is 0.517. The van der Waals surface area contributed by atoms with Crippen molar-refractivity contribution in [2.45, 2.75) is 38.3 Å². The molecule has 7 nitrogen and oxygen atoms in total. The number of carbonyl (C=O) groups is 1. The van der Waals surface area contributed by atoms with Gasteiger partial charge in [0.25, 0.3) is 0 Å². The first-order valence-corrected chi connectivity index (χ1v) is 10.3. The third kappa shape index (κ3) is 2.51. The number of hydrogen-bond donors (Lipinski definition) is 0. The first-order chi connectivity index (χ1) is 14.6. The van der Waals surface area contributed by atoms with Crippen molar-refractivity contribution in [1.82, 2.24) is 24.4 Å². The fourth-order valence-electron chi connectivity index (χ4n) is 4.49. The molecule has 4 heterocycles. The third-order valence-electron chi connectivity index (χ3n) is 6.16. The molecule has 1 aliphatic carbocycles. The van der Waals surface area contributed by atoms with Gasteiger partial charge in [0.15, 0.2) is 0 Å². The summed E-state index contributed by atoms with van der Waals surface area (Å²) in [5.74, 6) is 2.16. The van der Waals surface area contributed by atoms with E-state index in [9.17, 15) is 4.79 Å². The van der Waals surface area contributed by atoms with E-state index in [0.29, 0.717) is 24.0 Å². The zero-order valence-corrected chi connectivity index (χ0v) is 16.9. The molecule has 2 aliphatic rings. The summed E-state index contributed by atoms with van der Waals surface area (Å²) in [7, 11) is 1.86. The van der Waals surface area contributed by atoms with Crippen LogP contribution in [0.3, 0.4) is 0 Å². The molecule has 1 aliphatic heterocycles. The lowest BCUT2D eigenvalue weighted by Gasteiger charge is -2.31. The summed E-state index contributed by atoms with van der Waals surface area (Å²) >= 11 is 0. The molecular weight excluding hydrogens is 378 g/mol. The van der Waals surface area contributed by atoms with Crippen LogP contribution in [0.4, 0.5) is 0 Å². The van der Waals surface area contributed by atoms with Crippen LogP contribution in [0.2, 0.25) is 0 Å². The van der Waals surface area contributed by atoms with Crippen molar-refractivity contribution < 1.29 is 9.21 Å². The topological polar surface area (TPSA) is 77.1 Å². The van der Waals surface area contributed by atoms with E-state index >= 15 is 0 Å². The number of hydrogen-bond acceptors (Lipinski definition) is 5. The van der Waals surface area contributed by atoms with Gasteiger partial charge in [0.05, 0.1) is 24.1 Å². The average molecular weight is 399 g/mol. The molecule has 3 aromatic heterocycles. The standard InChI is InChI=1S/C23H21N5O2/c1-13-23(29)27(2)12-19-20(26-21(28(13)19)14-6-7-14)16-5-3-4-15-10-18(25-11-17(15)16)22-24-8-9-30-22/h3-5,8-11,13-14H,6-7,12H2,1-2H3. The molecular formula is C23H21N5O2. The normalized spacial score (nSPS) is 18.8. The Morgan fingerprint density at radius 2 is 2.07 bits per heavy atom. The summed E-state index contributed by atoms with van der Waals surface area (Å²) in [5.41, 5.74) is 3.81. The van der Waals surface area contributed by atoms with Crippen LogP contribution >= 0.6 is 0 Å². The van der Waals surface area contributed by atoms with Crippen molar-refractivity contribution in [3.05, 3.63) is 54.4 Å². The first-order valence-electron chi connectivity index (χ1n) is 10.3. The summed E-state index contributed by atoms with van der Waals surface area (Å²) in [6.45, 7) is 2.54. The Bertz CT molecular complexity index is 1290. The highest BCUT2D eigenvalue weighted by molar-refractivity contribution is 5.97. The number of imidazole rings is 1. The summed E-state index contributed by atoms with van der Waals surface area (Å²) in [4.78, 5) is 28.3. The van der Waals surface area contributed by atoms with E-state index in [-0.39, 0.29) is 11.9 Å². The number of likely N-dealkylation sites (N-methyl/N-ethyl adjacent to an activating group) is 1. The SMILES string of the molecule is CC1C(=O)N(C)Cc2c(-c3cccc4cc(-c5ncco5)ncc34)nc(C3CC3)n21. The molecule has 1 amide bonds. The molecule has 1 unspecified atom stereocenters. The van der Waals surface area contributed by atoms with Crippen LogP contribution in [-0.2, 0) is 11.3 Å². The number of rotatable bonds is 3. The molecule has 0 bridgehead atoms. The molecule has 0 N–H and O–H groups in total. The third-order valence-corrected chi connectivity index (χ3v) is 6.16. The smallest absolute Gasteiger partial charge is 0.245 e. The minimum absolute atomic E-state index is 0.142. The largest absolute Gasteiger partial charge is 0.443 e.